The Balaban J connectivity index is 0.00000288. The van der Waals surface area contributed by atoms with Crippen LogP contribution in [-0.2, 0) is 6.42 Å². The Bertz CT molecular complexity index is 562. The number of hydrogen-bond acceptors (Lipinski definition) is 2. The molecule has 0 radical (unpaired) electrons. The van der Waals surface area contributed by atoms with Gasteiger partial charge in [-0.1, -0.05) is 25.5 Å². The van der Waals surface area contributed by atoms with Crippen LogP contribution in [0.15, 0.2) is 29.3 Å². The fourth-order valence-electron chi connectivity index (χ4n) is 2.82. The Morgan fingerprint density at radius 3 is 2.83 bits per heavy atom. The van der Waals surface area contributed by atoms with Gasteiger partial charge < -0.3 is 16.0 Å². The van der Waals surface area contributed by atoms with Gasteiger partial charge in [-0.15, -0.1) is 24.0 Å². The maximum atomic E-state index is 11.7. The van der Waals surface area contributed by atoms with Gasteiger partial charge in [-0.3, -0.25) is 9.79 Å². The first kappa shape index (κ1) is 20.7. The Morgan fingerprint density at radius 1 is 1.38 bits per heavy atom. The van der Waals surface area contributed by atoms with Crippen LogP contribution < -0.4 is 16.0 Å². The average Bonchev–Trinajstić information content (AvgIpc) is 3.31. The van der Waals surface area contributed by atoms with Gasteiger partial charge in [0.2, 0.25) is 0 Å². The van der Waals surface area contributed by atoms with E-state index < -0.39 is 0 Å². The Kier molecular flexibility index (Phi) is 9.10. The van der Waals surface area contributed by atoms with Gasteiger partial charge in [-0.05, 0) is 42.9 Å². The van der Waals surface area contributed by atoms with Gasteiger partial charge in [0.15, 0.2) is 5.96 Å². The summed E-state index contributed by atoms with van der Waals surface area (Å²) >= 11 is 0. The fourth-order valence-corrected chi connectivity index (χ4v) is 2.82. The molecule has 0 spiro atoms. The first-order chi connectivity index (χ1) is 11.2. The number of carbonyl (C=O) groups excluding carboxylic acids is 1. The van der Waals surface area contributed by atoms with Gasteiger partial charge >= 0.3 is 0 Å². The van der Waals surface area contributed by atoms with Gasteiger partial charge in [0.05, 0.1) is 0 Å². The van der Waals surface area contributed by atoms with Crippen LogP contribution >= 0.6 is 24.0 Å². The van der Waals surface area contributed by atoms with E-state index in [1.54, 1.807) is 14.1 Å². The van der Waals surface area contributed by atoms with Gasteiger partial charge in [-0.2, -0.15) is 0 Å². The molecule has 1 amide bonds. The van der Waals surface area contributed by atoms with E-state index in [0.29, 0.717) is 11.6 Å². The van der Waals surface area contributed by atoms with Gasteiger partial charge in [0.1, 0.15) is 0 Å². The van der Waals surface area contributed by atoms with Crippen LogP contribution in [-0.4, -0.2) is 38.5 Å². The summed E-state index contributed by atoms with van der Waals surface area (Å²) in [6, 6.07) is 8.32. The molecule has 1 aromatic rings. The normalized spacial score (nSPS) is 19.2. The van der Waals surface area contributed by atoms with E-state index in [-0.39, 0.29) is 29.9 Å². The van der Waals surface area contributed by atoms with Gasteiger partial charge in [-0.25, -0.2) is 0 Å². The summed E-state index contributed by atoms with van der Waals surface area (Å²) in [7, 11) is 3.45. The maximum absolute atomic E-state index is 11.7. The SMILES string of the molecule is CCCC1CC1NC(=NC)NCCc1cccc(C(=O)NC)c1.I. The second kappa shape index (κ2) is 10.5. The summed E-state index contributed by atoms with van der Waals surface area (Å²) in [5, 5.41) is 9.48. The summed E-state index contributed by atoms with van der Waals surface area (Å²) in [5.41, 5.74) is 1.84. The summed E-state index contributed by atoms with van der Waals surface area (Å²) < 4.78 is 0. The number of nitrogens with one attached hydrogen (secondary N) is 3. The number of guanidine groups is 1. The van der Waals surface area contributed by atoms with E-state index in [1.165, 1.54) is 19.3 Å². The molecule has 0 heterocycles. The maximum Gasteiger partial charge on any atom is 0.251 e. The highest BCUT2D eigenvalue weighted by atomic mass is 127. The van der Waals surface area contributed by atoms with Crippen LogP contribution in [0, 0.1) is 5.92 Å². The summed E-state index contributed by atoms with van der Waals surface area (Å²) in [6.45, 7) is 3.03. The predicted molar refractivity (Wildman–Crippen MR) is 110 cm³/mol. The number of benzene rings is 1. The van der Waals surface area contributed by atoms with Crippen LogP contribution in [0.25, 0.3) is 0 Å². The lowest BCUT2D eigenvalue weighted by molar-refractivity contribution is 0.0963. The third-order valence-electron chi connectivity index (χ3n) is 4.25. The molecule has 5 nitrogen and oxygen atoms in total. The first-order valence-electron chi connectivity index (χ1n) is 8.46. The topological polar surface area (TPSA) is 65.5 Å². The van der Waals surface area contributed by atoms with Crippen molar-refractivity contribution in [1.29, 1.82) is 0 Å². The molecule has 134 valence electrons. The Morgan fingerprint density at radius 2 is 2.17 bits per heavy atom. The van der Waals surface area contributed by atoms with E-state index in [4.69, 9.17) is 0 Å². The molecule has 2 rings (SSSR count). The lowest BCUT2D eigenvalue weighted by atomic mass is 10.1. The van der Waals surface area contributed by atoms with Crippen molar-refractivity contribution >= 4 is 35.8 Å². The minimum Gasteiger partial charge on any atom is -0.356 e. The largest absolute Gasteiger partial charge is 0.356 e. The van der Waals surface area contributed by atoms with E-state index in [1.807, 2.05) is 24.3 Å². The number of carbonyl (C=O) groups is 1. The minimum atomic E-state index is -0.0482. The van der Waals surface area contributed by atoms with Crippen LogP contribution in [0.5, 0.6) is 0 Å². The second-order valence-electron chi connectivity index (χ2n) is 6.06. The number of nitrogens with zero attached hydrogens (tertiary/aromatic N) is 1. The van der Waals surface area contributed by atoms with Crippen molar-refractivity contribution in [3.8, 4) is 0 Å². The fraction of sp³-hybridized carbons (Fsp3) is 0.556. The van der Waals surface area contributed by atoms with Crippen LogP contribution in [0.3, 0.4) is 0 Å². The molecule has 1 saturated carbocycles. The average molecular weight is 444 g/mol. The molecular formula is C18H29IN4O. The van der Waals surface area contributed by atoms with Crippen LogP contribution in [0.2, 0.25) is 0 Å². The van der Waals surface area contributed by atoms with Crippen molar-refractivity contribution in [3.63, 3.8) is 0 Å². The Hall–Kier alpha value is -1.31. The quantitative estimate of drug-likeness (QED) is 0.344. The van der Waals surface area contributed by atoms with Gasteiger partial charge in [0, 0.05) is 32.2 Å². The van der Waals surface area contributed by atoms with Crippen molar-refractivity contribution in [3.05, 3.63) is 35.4 Å². The van der Waals surface area contributed by atoms with Crippen molar-refractivity contribution < 1.29 is 4.79 Å². The molecular weight excluding hydrogens is 415 g/mol. The molecule has 1 aliphatic carbocycles. The highest BCUT2D eigenvalue weighted by Gasteiger charge is 2.36. The number of aliphatic imine (C=N–C) groups is 1. The zero-order valence-electron chi connectivity index (χ0n) is 14.8. The minimum absolute atomic E-state index is 0. The Labute approximate surface area is 162 Å². The highest BCUT2D eigenvalue weighted by molar-refractivity contribution is 14.0. The smallest absolute Gasteiger partial charge is 0.251 e. The van der Waals surface area contributed by atoms with Crippen molar-refractivity contribution in [2.75, 3.05) is 20.6 Å². The monoisotopic (exact) mass is 444 g/mol. The molecule has 1 fully saturated rings. The molecule has 1 aromatic carbocycles. The van der Waals surface area contributed by atoms with Crippen LogP contribution in [0.1, 0.15) is 42.1 Å². The number of halogens is 1. The van der Waals surface area contributed by atoms with E-state index >= 15 is 0 Å². The predicted octanol–water partition coefficient (Wildman–Crippen LogP) is 2.56. The third kappa shape index (κ3) is 6.30. The lowest BCUT2D eigenvalue weighted by Crippen LogP contribution is -2.40. The molecule has 1 aliphatic rings. The third-order valence-corrected chi connectivity index (χ3v) is 4.25. The second-order valence-corrected chi connectivity index (χ2v) is 6.06. The molecule has 2 unspecified atom stereocenters. The summed E-state index contributed by atoms with van der Waals surface area (Å²) in [5.74, 6) is 1.63. The molecule has 6 heteroatoms. The van der Waals surface area contributed by atoms with E-state index in [0.717, 1.165) is 30.4 Å². The standard InChI is InChI=1S/C18H28N4O.HI/c1-4-6-14-12-16(14)22-18(20-3)21-10-9-13-7-5-8-15(11-13)17(23)19-2;/h5,7-8,11,14,16H,4,6,9-10,12H2,1-3H3,(H,19,23)(H2,20,21,22);1H. The van der Waals surface area contributed by atoms with E-state index in [9.17, 15) is 4.79 Å². The zero-order valence-corrected chi connectivity index (χ0v) is 17.1. The molecule has 0 bridgehead atoms. The first-order valence-corrected chi connectivity index (χ1v) is 8.46. The van der Waals surface area contributed by atoms with Crippen molar-refractivity contribution in [2.45, 2.75) is 38.6 Å². The molecule has 0 aliphatic heterocycles. The summed E-state index contributed by atoms with van der Waals surface area (Å²) in [4.78, 5) is 15.9. The molecule has 0 aromatic heterocycles. The van der Waals surface area contributed by atoms with Crippen molar-refractivity contribution in [2.24, 2.45) is 10.9 Å². The van der Waals surface area contributed by atoms with Crippen LogP contribution in [0.4, 0.5) is 0 Å². The summed E-state index contributed by atoms with van der Waals surface area (Å²) in [6.07, 6.45) is 4.65. The zero-order chi connectivity index (χ0) is 16.7. The number of amides is 1. The van der Waals surface area contributed by atoms with E-state index in [2.05, 4.69) is 27.9 Å². The van der Waals surface area contributed by atoms with Gasteiger partial charge in [0.25, 0.3) is 5.91 Å². The molecule has 0 saturated heterocycles. The number of hydrogen-bond donors (Lipinski definition) is 3. The highest BCUT2D eigenvalue weighted by Crippen LogP contribution is 2.34. The molecule has 2 atom stereocenters. The molecule has 24 heavy (non-hydrogen) atoms. The number of rotatable bonds is 7. The molecule has 3 N–H and O–H groups in total. The lowest BCUT2D eigenvalue weighted by Gasteiger charge is -2.12. The van der Waals surface area contributed by atoms with Crippen molar-refractivity contribution in [1.82, 2.24) is 16.0 Å².